The summed E-state index contributed by atoms with van der Waals surface area (Å²) >= 11 is 13.4. The Bertz CT molecular complexity index is 1900. The first-order chi connectivity index (χ1) is 21.7. The van der Waals surface area contributed by atoms with Crippen LogP contribution in [0.1, 0.15) is 17.5 Å². The number of aryl methyl sites for hydroxylation is 1. The molecule has 0 N–H and O–H groups in total. The molecule has 0 atom stereocenters. The largest absolute Gasteiger partial charge is 0.493 e. The van der Waals surface area contributed by atoms with Crippen molar-refractivity contribution in [2.75, 3.05) is 37.8 Å². The van der Waals surface area contributed by atoms with Gasteiger partial charge in [-0.1, -0.05) is 102 Å². The molecule has 0 aliphatic carbocycles. The van der Waals surface area contributed by atoms with Gasteiger partial charge in [-0.2, -0.15) is 0 Å². The molecule has 6 aromatic rings. The minimum absolute atomic E-state index is 0.582. The molecule has 0 amide bonds. The molecule has 222 valence electrons. The van der Waals surface area contributed by atoms with Crippen molar-refractivity contribution < 1.29 is 9.47 Å². The standard InChI is InChI=1S/C38H34Cl2N2O2/c39-34-16-7-17-35(40)33(34)26-42-25-28(11-8-22-44-37-19-5-10-27-9-1-2-12-29(27)37)30-14-6-15-32(38(30)42)31-13-3-4-18-36(31)41-20-23-43-24-21-41/h1-7,9-10,12-19,25H,8,11,20-24,26H2. The van der Waals surface area contributed by atoms with E-state index < -0.39 is 0 Å². The van der Waals surface area contributed by atoms with Gasteiger partial charge in [-0.05, 0) is 48.1 Å². The number of hydrogen-bond acceptors (Lipinski definition) is 3. The van der Waals surface area contributed by atoms with Crippen LogP contribution in [0.15, 0.2) is 109 Å². The summed E-state index contributed by atoms with van der Waals surface area (Å²) in [5.41, 5.74) is 7.05. The van der Waals surface area contributed by atoms with E-state index in [0.29, 0.717) is 23.2 Å². The third kappa shape index (κ3) is 5.78. The van der Waals surface area contributed by atoms with Crippen molar-refractivity contribution in [2.24, 2.45) is 0 Å². The zero-order valence-corrected chi connectivity index (χ0v) is 26.0. The predicted molar refractivity (Wildman–Crippen MR) is 184 cm³/mol. The van der Waals surface area contributed by atoms with Crippen molar-refractivity contribution in [3.05, 3.63) is 130 Å². The molecular formula is C38H34Cl2N2O2. The van der Waals surface area contributed by atoms with Crippen molar-refractivity contribution in [3.8, 4) is 16.9 Å². The van der Waals surface area contributed by atoms with Crippen LogP contribution in [0.5, 0.6) is 5.75 Å². The molecule has 0 unspecified atom stereocenters. The van der Waals surface area contributed by atoms with Crippen LogP contribution in [0, 0.1) is 0 Å². The second kappa shape index (κ2) is 13.0. The number of para-hydroxylation sites is 2. The third-order valence-electron chi connectivity index (χ3n) is 8.51. The van der Waals surface area contributed by atoms with E-state index in [1.165, 1.54) is 38.7 Å². The number of nitrogens with zero attached hydrogens (tertiary/aromatic N) is 2. The minimum Gasteiger partial charge on any atom is -0.493 e. The van der Waals surface area contributed by atoms with E-state index in [-0.39, 0.29) is 0 Å². The number of halogens is 2. The lowest BCUT2D eigenvalue weighted by Crippen LogP contribution is -2.36. The number of fused-ring (bicyclic) bond motifs is 2. The first-order valence-electron chi connectivity index (χ1n) is 15.2. The van der Waals surface area contributed by atoms with Gasteiger partial charge in [0.15, 0.2) is 0 Å². The molecule has 1 aromatic heterocycles. The Morgan fingerprint density at radius 2 is 1.39 bits per heavy atom. The van der Waals surface area contributed by atoms with Crippen LogP contribution < -0.4 is 9.64 Å². The molecular weight excluding hydrogens is 587 g/mol. The minimum atomic E-state index is 0.582. The van der Waals surface area contributed by atoms with Crippen molar-refractivity contribution in [3.63, 3.8) is 0 Å². The van der Waals surface area contributed by atoms with Gasteiger partial charge >= 0.3 is 0 Å². The summed E-state index contributed by atoms with van der Waals surface area (Å²) in [6.07, 6.45) is 4.06. The summed E-state index contributed by atoms with van der Waals surface area (Å²) < 4.78 is 14.3. The maximum Gasteiger partial charge on any atom is 0.127 e. The van der Waals surface area contributed by atoms with Gasteiger partial charge < -0.3 is 18.9 Å². The highest BCUT2D eigenvalue weighted by molar-refractivity contribution is 6.36. The molecule has 44 heavy (non-hydrogen) atoms. The first-order valence-corrected chi connectivity index (χ1v) is 16.0. The molecule has 0 spiro atoms. The van der Waals surface area contributed by atoms with Gasteiger partial charge in [0.1, 0.15) is 5.75 Å². The number of rotatable bonds is 9. The van der Waals surface area contributed by atoms with Crippen molar-refractivity contribution in [1.29, 1.82) is 0 Å². The summed E-state index contributed by atoms with van der Waals surface area (Å²) in [5, 5.41) is 4.93. The summed E-state index contributed by atoms with van der Waals surface area (Å²) in [6.45, 7) is 4.46. The molecule has 1 fully saturated rings. The topological polar surface area (TPSA) is 26.6 Å². The Labute approximate surface area is 268 Å². The molecule has 1 aliphatic heterocycles. The smallest absolute Gasteiger partial charge is 0.127 e. The van der Waals surface area contributed by atoms with Crippen molar-refractivity contribution >= 4 is 50.6 Å². The number of anilines is 1. The van der Waals surface area contributed by atoms with Gasteiger partial charge in [0, 0.05) is 62.5 Å². The van der Waals surface area contributed by atoms with Crippen LogP contribution in [0.4, 0.5) is 5.69 Å². The van der Waals surface area contributed by atoms with E-state index in [1.54, 1.807) is 0 Å². The quantitative estimate of drug-likeness (QED) is 0.151. The zero-order valence-electron chi connectivity index (χ0n) is 24.5. The van der Waals surface area contributed by atoms with Crippen LogP contribution in [-0.4, -0.2) is 37.5 Å². The van der Waals surface area contributed by atoms with Crippen LogP contribution in [0.2, 0.25) is 10.0 Å². The number of ether oxygens (including phenoxy) is 2. The number of aromatic nitrogens is 1. The van der Waals surface area contributed by atoms with Gasteiger partial charge in [-0.3, -0.25) is 0 Å². The van der Waals surface area contributed by atoms with E-state index in [2.05, 4.69) is 101 Å². The van der Waals surface area contributed by atoms with Crippen LogP contribution in [0.3, 0.4) is 0 Å². The number of morpholine rings is 1. The fourth-order valence-electron chi connectivity index (χ4n) is 6.38. The van der Waals surface area contributed by atoms with Gasteiger partial charge in [0.25, 0.3) is 0 Å². The lowest BCUT2D eigenvalue weighted by atomic mass is 9.98. The predicted octanol–water partition coefficient (Wildman–Crippen LogP) is 9.66. The molecule has 0 bridgehead atoms. The first kappa shape index (κ1) is 28.8. The van der Waals surface area contributed by atoms with E-state index >= 15 is 0 Å². The summed E-state index contributed by atoms with van der Waals surface area (Å²) in [4.78, 5) is 2.43. The van der Waals surface area contributed by atoms with Crippen molar-refractivity contribution in [2.45, 2.75) is 19.4 Å². The summed E-state index contributed by atoms with van der Waals surface area (Å²) in [7, 11) is 0. The highest BCUT2D eigenvalue weighted by Crippen LogP contribution is 2.39. The zero-order chi connectivity index (χ0) is 29.9. The molecule has 6 heteroatoms. The van der Waals surface area contributed by atoms with E-state index in [4.69, 9.17) is 32.7 Å². The van der Waals surface area contributed by atoms with Gasteiger partial charge in [0.05, 0.1) is 31.9 Å². The average Bonchev–Trinajstić information content (AvgIpc) is 3.42. The molecule has 0 saturated carbocycles. The molecule has 1 saturated heterocycles. The molecule has 4 nitrogen and oxygen atoms in total. The Hall–Kier alpha value is -3.96. The van der Waals surface area contributed by atoms with Crippen LogP contribution in [0.25, 0.3) is 32.8 Å². The van der Waals surface area contributed by atoms with Crippen LogP contribution >= 0.6 is 23.2 Å². The number of benzene rings is 5. The maximum absolute atomic E-state index is 6.69. The maximum atomic E-state index is 6.69. The molecule has 5 aromatic carbocycles. The molecule has 1 aliphatic rings. The lowest BCUT2D eigenvalue weighted by Gasteiger charge is -2.31. The molecule has 0 radical (unpaired) electrons. The van der Waals surface area contributed by atoms with Gasteiger partial charge in [-0.15, -0.1) is 0 Å². The van der Waals surface area contributed by atoms with Crippen molar-refractivity contribution in [1.82, 2.24) is 4.57 Å². The highest BCUT2D eigenvalue weighted by Gasteiger charge is 2.20. The fraction of sp³-hybridized carbons (Fsp3) is 0.211. The van der Waals surface area contributed by atoms with E-state index in [0.717, 1.165) is 55.8 Å². The second-order valence-electron chi connectivity index (χ2n) is 11.2. The Morgan fingerprint density at radius 1 is 0.705 bits per heavy atom. The second-order valence-corrected chi connectivity index (χ2v) is 12.0. The highest BCUT2D eigenvalue weighted by atomic mass is 35.5. The lowest BCUT2D eigenvalue weighted by molar-refractivity contribution is 0.123. The summed E-state index contributed by atoms with van der Waals surface area (Å²) in [5.74, 6) is 0.931. The van der Waals surface area contributed by atoms with E-state index in [9.17, 15) is 0 Å². The Kier molecular flexibility index (Phi) is 8.48. The van der Waals surface area contributed by atoms with Gasteiger partial charge in [-0.25, -0.2) is 0 Å². The normalized spacial score (nSPS) is 13.5. The van der Waals surface area contributed by atoms with Crippen LogP contribution in [-0.2, 0) is 17.7 Å². The SMILES string of the molecule is Clc1cccc(Cl)c1Cn1cc(CCCOc2cccc3ccccc23)c2cccc(-c3ccccc3N3CCOCC3)c21. The monoisotopic (exact) mass is 620 g/mol. The molecule has 2 heterocycles. The third-order valence-corrected chi connectivity index (χ3v) is 9.22. The summed E-state index contributed by atoms with van der Waals surface area (Å²) in [6, 6.07) is 35.7. The Balaban J connectivity index is 1.24. The number of hydrogen-bond donors (Lipinski definition) is 0. The molecule has 7 rings (SSSR count). The van der Waals surface area contributed by atoms with Gasteiger partial charge in [0.2, 0.25) is 0 Å². The fourth-order valence-corrected chi connectivity index (χ4v) is 6.89. The van der Waals surface area contributed by atoms with E-state index in [1.807, 2.05) is 18.2 Å². The average molecular weight is 622 g/mol. The Morgan fingerprint density at radius 3 is 2.25 bits per heavy atom.